The van der Waals surface area contributed by atoms with E-state index in [1.807, 2.05) is 0 Å². The summed E-state index contributed by atoms with van der Waals surface area (Å²) in [5, 5.41) is 10.1. The average molecular weight is 341 g/mol. The molecule has 0 radical (unpaired) electrons. The first-order valence-electron chi connectivity index (χ1n) is 11.0. The molecule has 1 aromatic carbocycles. The first kappa shape index (κ1) is 14.5. The minimum absolute atomic E-state index is 0.327. The fraction of sp³-hybridized carbons (Fsp3) is 0.640. The van der Waals surface area contributed by atoms with E-state index >= 15 is 0 Å². The molecule has 0 aliphatic heterocycles. The molecular weight excluding hydrogens is 314 g/mol. The van der Waals surface area contributed by atoms with Crippen molar-refractivity contribution in [2.45, 2.75) is 25.7 Å². The molecule has 0 N–H and O–H groups in total. The fourth-order valence-corrected chi connectivity index (χ4v) is 9.75. The Kier molecular flexibility index (Phi) is 2.70. The minimum atomic E-state index is 0.327. The van der Waals surface area contributed by atoms with Gasteiger partial charge < -0.3 is 0 Å². The lowest BCUT2D eigenvalue weighted by molar-refractivity contribution is 0.0135. The van der Waals surface area contributed by atoms with Gasteiger partial charge in [-0.15, -0.1) is 0 Å². The largest absolute Gasteiger partial charge is 0.198 e. The van der Waals surface area contributed by atoms with Crippen LogP contribution < -0.4 is 0 Å². The Morgan fingerprint density at radius 2 is 1.42 bits per heavy atom. The second kappa shape index (κ2) is 4.83. The van der Waals surface area contributed by atoms with E-state index in [9.17, 15) is 5.26 Å². The van der Waals surface area contributed by atoms with Gasteiger partial charge in [0.1, 0.15) is 0 Å². The molecule has 12 atom stereocenters. The van der Waals surface area contributed by atoms with Crippen LogP contribution in [0.15, 0.2) is 42.5 Å². The van der Waals surface area contributed by atoms with Crippen molar-refractivity contribution in [3.8, 4) is 6.07 Å². The number of hydrogen-bond donors (Lipinski definition) is 0. The second-order valence-electron chi connectivity index (χ2n) is 10.4. The van der Waals surface area contributed by atoms with Crippen LogP contribution in [0.25, 0.3) is 0 Å². The van der Waals surface area contributed by atoms with Gasteiger partial charge in [0.2, 0.25) is 0 Å². The Bertz CT molecular complexity index is 818. The van der Waals surface area contributed by atoms with E-state index in [2.05, 4.69) is 48.6 Å². The summed E-state index contributed by atoms with van der Waals surface area (Å²) in [6, 6.07) is 13.8. The number of fused-ring (bicyclic) bond motifs is 16. The maximum atomic E-state index is 10.1. The molecular formula is C25H27N. The van der Waals surface area contributed by atoms with E-state index in [1.54, 1.807) is 0 Å². The van der Waals surface area contributed by atoms with Crippen LogP contribution in [0.1, 0.15) is 24.8 Å². The Balaban J connectivity index is 1.24. The lowest BCUT2D eigenvalue weighted by Gasteiger charge is -2.47. The van der Waals surface area contributed by atoms with Crippen LogP contribution in [0.3, 0.4) is 0 Å². The quantitative estimate of drug-likeness (QED) is 0.551. The molecule has 1 heteroatoms. The summed E-state index contributed by atoms with van der Waals surface area (Å²) in [5.74, 6) is 10.2. The Morgan fingerprint density at radius 1 is 0.769 bits per heavy atom. The summed E-state index contributed by atoms with van der Waals surface area (Å²) in [7, 11) is 0. The molecule has 6 aliphatic rings. The van der Waals surface area contributed by atoms with Crippen LogP contribution in [-0.4, -0.2) is 0 Å². The molecule has 0 saturated heterocycles. The summed E-state index contributed by atoms with van der Waals surface area (Å²) < 4.78 is 0. The average Bonchev–Trinajstić information content (AvgIpc) is 3.47. The van der Waals surface area contributed by atoms with Crippen molar-refractivity contribution >= 4 is 0 Å². The SMILES string of the molecule is N#CC1C(Cc2ccccc2)C2CC1C1C3CC(C4C5C=CC(C5)C34)C21. The molecule has 6 aliphatic carbocycles. The van der Waals surface area contributed by atoms with Gasteiger partial charge in [0.05, 0.1) is 12.0 Å². The highest BCUT2D eigenvalue weighted by Crippen LogP contribution is 2.77. The predicted octanol–water partition coefficient (Wildman–Crippen LogP) is 4.96. The summed E-state index contributed by atoms with van der Waals surface area (Å²) in [6.45, 7) is 0. The molecule has 132 valence electrons. The van der Waals surface area contributed by atoms with Crippen LogP contribution in [0.5, 0.6) is 0 Å². The molecule has 7 rings (SSSR count). The molecule has 0 amide bonds. The van der Waals surface area contributed by atoms with Crippen LogP contribution in [0.4, 0.5) is 0 Å². The van der Waals surface area contributed by atoms with Crippen LogP contribution in [-0.2, 0) is 6.42 Å². The molecule has 12 unspecified atom stereocenters. The van der Waals surface area contributed by atoms with E-state index in [-0.39, 0.29) is 0 Å². The van der Waals surface area contributed by atoms with Crippen molar-refractivity contribution < 1.29 is 0 Å². The number of rotatable bonds is 2. The molecule has 6 bridgehead atoms. The molecule has 5 fully saturated rings. The van der Waals surface area contributed by atoms with Gasteiger partial charge in [-0.2, -0.15) is 5.26 Å². The molecule has 0 aromatic heterocycles. The van der Waals surface area contributed by atoms with Crippen molar-refractivity contribution in [3.05, 3.63) is 48.0 Å². The van der Waals surface area contributed by atoms with Crippen LogP contribution in [0, 0.1) is 82.3 Å². The van der Waals surface area contributed by atoms with E-state index in [0.29, 0.717) is 11.8 Å². The third-order valence-corrected chi connectivity index (χ3v) is 10.0. The third kappa shape index (κ3) is 1.56. The first-order valence-corrected chi connectivity index (χ1v) is 11.0. The van der Waals surface area contributed by atoms with Gasteiger partial charge in [0, 0.05) is 0 Å². The number of allylic oxidation sites excluding steroid dienone is 2. The van der Waals surface area contributed by atoms with Crippen molar-refractivity contribution in [2.75, 3.05) is 0 Å². The monoisotopic (exact) mass is 341 g/mol. The molecule has 0 heterocycles. The zero-order chi connectivity index (χ0) is 17.0. The number of hydrogen-bond acceptors (Lipinski definition) is 1. The highest BCUT2D eigenvalue weighted by atomic mass is 14.8. The summed E-state index contributed by atoms with van der Waals surface area (Å²) >= 11 is 0. The van der Waals surface area contributed by atoms with E-state index in [4.69, 9.17) is 0 Å². The van der Waals surface area contributed by atoms with Crippen LogP contribution in [0.2, 0.25) is 0 Å². The van der Waals surface area contributed by atoms with E-state index in [1.165, 1.54) is 24.8 Å². The standard InChI is InChI=1S/C25H27N/c26-12-21-16(8-13-4-2-1-3-5-13)17-10-18(21)25-20-11-19(24(17)25)22-14-6-7-15(9-14)23(20)22/h1-7,14-25H,8-11H2. The van der Waals surface area contributed by atoms with Crippen molar-refractivity contribution in [1.29, 1.82) is 5.26 Å². The van der Waals surface area contributed by atoms with Gasteiger partial charge in [-0.05, 0) is 96.3 Å². The summed E-state index contributed by atoms with van der Waals surface area (Å²) in [5.41, 5.74) is 1.45. The van der Waals surface area contributed by atoms with Gasteiger partial charge >= 0.3 is 0 Å². The zero-order valence-electron chi connectivity index (χ0n) is 15.2. The highest BCUT2D eigenvalue weighted by Gasteiger charge is 2.72. The number of nitrogens with zero attached hydrogens (tertiary/aromatic N) is 1. The highest BCUT2D eigenvalue weighted by molar-refractivity contribution is 5.28. The lowest BCUT2D eigenvalue weighted by Crippen LogP contribution is -2.44. The molecule has 5 saturated carbocycles. The van der Waals surface area contributed by atoms with E-state index < -0.39 is 0 Å². The Hall–Kier alpha value is -1.55. The topological polar surface area (TPSA) is 23.8 Å². The molecule has 26 heavy (non-hydrogen) atoms. The Labute approximate surface area is 156 Å². The van der Waals surface area contributed by atoms with Crippen LogP contribution >= 0.6 is 0 Å². The fourth-order valence-electron chi connectivity index (χ4n) is 9.75. The molecule has 1 aromatic rings. The summed E-state index contributed by atoms with van der Waals surface area (Å²) in [6.07, 6.45) is 10.6. The van der Waals surface area contributed by atoms with Gasteiger partial charge in [0.25, 0.3) is 0 Å². The first-order chi connectivity index (χ1) is 12.8. The van der Waals surface area contributed by atoms with Gasteiger partial charge in [-0.1, -0.05) is 42.5 Å². The normalized spacial score (nSPS) is 56.7. The van der Waals surface area contributed by atoms with Gasteiger partial charge in [0.15, 0.2) is 0 Å². The maximum absolute atomic E-state index is 10.1. The molecule has 1 nitrogen and oxygen atoms in total. The number of nitriles is 1. The molecule has 0 spiro atoms. The number of benzene rings is 1. The van der Waals surface area contributed by atoms with Crippen molar-refractivity contribution in [1.82, 2.24) is 0 Å². The van der Waals surface area contributed by atoms with Gasteiger partial charge in [-0.25, -0.2) is 0 Å². The van der Waals surface area contributed by atoms with Gasteiger partial charge in [-0.3, -0.25) is 0 Å². The van der Waals surface area contributed by atoms with Crippen molar-refractivity contribution in [3.63, 3.8) is 0 Å². The second-order valence-corrected chi connectivity index (χ2v) is 10.4. The van der Waals surface area contributed by atoms with E-state index in [0.717, 1.165) is 65.6 Å². The predicted molar refractivity (Wildman–Crippen MR) is 101 cm³/mol. The smallest absolute Gasteiger partial charge is 0.0661 e. The van der Waals surface area contributed by atoms with Crippen molar-refractivity contribution in [2.24, 2.45) is 71.0 Å². The maximum Gasteiger partial charge on any atom is 0.0661 e. The lowest BCUT2D eigenvalue weighted by atomic mass is 9.57. The summed E-state index contributed by atoms with van der Waals surface area (Å²) in [4.78, 5) is 0. The Morgan fingerprint density at radius 3 is 2.12 bits per heavy atom. The zero-order valence-corrected chi connectivity index (χ0v) is 15.2. The third-order valence-electron chi connectivity index (χ3n) is 10.0. The minimum Gasteiger partial charge on any atom is -0.198 e.